The molecule has 0 aromatic heterocycles. The summed E-state index contributed by atoms with van der Waals surface area (Å²) in [7, 11) is 0. The number of hydrogen-bond donors (Lipinski definition) is 0. The molecule has 1 aromatic carbocycles. The first-order valence-electron chi connectivity index (χ1n) is 6.12. The maximum absolute atomic E-state index is 5.91. The van der Waals surface area contributed by atoms with Crippen molar-refractivity contribution in [1.29, 1.82) is 0 Å². The lowest BCUT2D eigenvalue weighted by atomic mass is 9.92. The van der Waals surface area contributed by atoms with Crippen molar-refractivity contribution in [2.75, 3.05) is 25.0 Å². The fraction of sp³-hybridized carbons (Fsp3) is 0.571. The van der Waals surface area contributed by atoms with Crippen molar-refractivity contribution in [3.8, 4) is 11.5 Å². The molecule has 0 amide bonds. The molecule has 18 heavy (non-hydrogen) atoms. The van der Waals surface area contributed by atoms with Gasteiger partial charge in [0, 0.05) is 11.8 Å². The summed E-state index contributed by atoms with van der Waals surface area (Å²) in [6.07, 6.45) is 0.820. The summed E-state index contributed by atoms with van der Waals surface area (Å²) in [6.45, 7) is 5.22. The van der Waals surface area contributed by atoms with Gasteiger partial charge in [-0.25, -0.2) is 0 Å². The molecule has 0 fully saturated rings. The quantitative estimate of drug-likeness (QED) is 0.663. The number of halogens is 2. The molecule has 0 saturated carbocycles. The average Bonchev–Trinajstić information content (AvgIpc) is 2.41. The lowest BCUT2D eigenvalue weighted by Gasteiger charge is -2.24. The molecule has 102 valence electrons. The van der Waals surface area contributed by atoms with Gasteiger partial charge in [-0.15, -0.1) is 23.2 Å². The van der Waals surface area contributed by atoms with Crippen LogP contribution in [0.1, 0.15) is 20.3 Å². The molecule has 0 aliphatic rings. The highest BCUT2D eigenvalue weighted by Crippen LogP contribution is 2.29. The lowest BCUT2D eigenvalue weighted by molar-refractivity contribution is 0.233. The minimum Gasteiger partial charge on any atom is -0.490 e. The van der Waals surface area contributed by atoms with Crippen molar-refractivity contribution in [3.63, 3.8) is 0 Å². The van der Waals surface area contributed by atoms with Crippen LogP contribution < -0.4 is 9.47 Å². The summed E-state index contributed by atoms with van der Waals surface area (Å²) in [5.74, 6) is 2.62. The Bertz CT molecular complexity index is 351. The Kier molecular flexibility index (Phi) is 6.66. The van der Waals surface area contributed by atoms with Gasteiger partial charge in [0.2, 0.25) is 0 Å². The fourth-order valence-corrected chi connectivity index (χ4v) is 1.97. The van der Waals surface area contributed by atoms with E-state index in [9.17, 15) is 0 Å². The summed E-state index contributed by atoms with van der Waals surface area (Å²) < 4.78 is 11.2. The number of alkyl halides is 2. The van der Waals surface area contributed by atoms with Crippen molar-refractivity contribution < 1.29 is 9.47 Å². The van der Waals surface area contributed by atoms with Gasteiger partial charge >= 0.3 is 0 Å². The third-order valence-corrected chi connectivity index (χ3v) is 4.05. The molecule has 0 unspecified atom stereocenters. The summed E-state index contributed by atoms with van der Waals surface area (Å²) in [6, 6.07) is 7.67. The Morgan fingerprint density at radius 1 is 1.06 bits per heavy atom. The third kappa shape index (κ3) is 4.58. The largest absolute Gasteiger partial charge is 0.490 e. The Hall–Kier alpha value is -0.600. The first kappa shape index (κ1) is 15.5. The van der Waals surface area contributed by atoms with Crippen LogP contribution in [0.5, 0.6) is 11.5 Å². The zero-order valence-corrected chi connectivity index (χ0v) is 12.4. The van der Waals surface area contributed by atoms with E-state index >= 15 is 0 Å². The number of benzene rings is 1. The van der Waals surface area contributed by atoms with E-state index in [1.54, 1.807) is 0 Å². The zero-order chi connectivity index (χ0) is 13.4. The van der Waals surface area contributed by atoms with Gasteiger partial charge < -0.3 is 9.47 Å². The SMILES string of the molecule is CCOc1ccccc1OCCC(C)(CCl)CCl. The molecule has 4 heteroatoms. The van der Waals surface area contributed by atoms with Crippen LogP contribution in [0.25, 0.3) is 0 Å². The summed E-state index contributed by atoms with van der Waals surface area (Å²) in [4.78, 5) is 0. The maximum atomic E-state index is 5.91. The Morgan fingerprint density at radius 3 is 2.11 bits per heavy atom. The standard InChI is InChI=1S/C14H20Cl2O2/c1-3-17-12-6-4-5-7-13(12)18-9-8-14(2,10-15)11-16/h4-7H,3,8-11H2,1-2H3. The van der Waals surface area contributed by atoms with E-state index in [1.165, 1.54) is 0 Å². The van der Waals surface area contributed by atoms with Crippen LogP contribution in [-0.4, -0.2) is 25.0 Å². The minimum absolute atomic E-state index is 0.0797. The Labute approximate surface area is 119 Å². The topological polar surface area (TPSA) is 18.5 Å². The molecule has 0 N–H and O–H groups in total. The average molecular weight is 291 g/mol. The number of rotatable bonds is 8. The summed E-state index contributed by atoms with van der Waals surface area (Å²) in [5.41, 5.74) is -0.0797. The summed E-state index contributed by atoms with van der Waals surface area (Å²) >= 11 is 11.8. The first-order chi connectivity index (χ1) is 8.65. The molecule has 2 nitrogen and oxygen atoms in total. The number of hydrogen-bond acceptors (Lipinski definition) is 2. The van der Waals surface area contributed by atoms with Gasteiger partial charge in [0.25, 0.3) is 0 Å². The van der Waals surface area contributed by atoms with E-state index < -0.39 is 0 Å². The molecule has 0 heterocycles. The normalized spacial score (nSPS) is 11.3. The van der Waals surface area contributed by atoms with E-state index in [2.05, 4.69) is 6.92 Å². The molecule has 0 atom stereocenters. The molecule has 0 aliphatic carbocycles. The zero-order valence-electron chi connectivity index (χ0n) is 10.9. The molecule has 0 spiro atoms. The van der Waals surface area contributed by atoms with Gasteiger partial charge in [-0.2, -0.15) is 0 Å². The van der Waals surface area contributed by atoms with E-state index in [-0.39, 0.29) is 5.41 Å². The van der Waals surface area contributed by atoms with E-state index in [4.69, 9.17) is 32.7 Å². The smallest absolute Gasteiger partial charge is 0.161 e. The predicted octanol–water partition coefficient (Wildman–Crippen LogP) is 4.34. The Balaban J connectivity index is 2.53. The van der Waals surface area contributed by atoms with Gasteiger partial charge in [-0.05, 0) is 30.9 Å². The minimum atomic E-state index is -0.0797. The fourth-order valence-electron chi connectivity index (χ4n) is 1.42. The molecular weight excluding hydrogens is 271 g/mol. The van der Waals surface area contributed by atoms with Crippen molar-refractivity contribution in [3.05, 3.63) is 24.3 Å². The van der Waals surface area contributed by atoms with Crippen LogP contribution in [0.2, 0.25) is 0 Å². The molecule has 0 radical (unpaired) electrons. The van der Waals surface area contributed by atoms with E-state index in [1.807, 2.05) is 31.2 Å². The van der Waals surface area contributed by atoms with Gasteiger partial charge in [0.15, 0.2) is 11.5 Å². The maximum Gasteiger partial charge on any atom is 0.161 e. The molecule has 0 bridgehead atoms. The van der Waals surface area contributed by atoms with Crippen molar-refractivity contribution in [2.24, 2.45) is 5.41 Å². The third-order valence-electron chi connectivity index (χ3n) is 2.76. The second-order valence-corrected chi connectivity index (χ2v) is 5.09. The number of para-hydroxylation sites is 2. The molecular formula is C14H20Cl2O2. The van der Waals surface area contributed by atoms with Gasteiger partial charge in [0.1, 0.15) is 0 Å². The Morgan fingerprint density at radius 2 is 1.61 bits per heavy atom. The van der Waals surface area contributed by atoms with Crippen LogP contribution in [0, 0.1) is 5.41 Å². The monoisotopic (exact) mass is 290 g/mol. The second-order valence-electron chi connectivity index (χ2n) is 4.56. The van der Waals surface area contributed by atoms with Gasteiger partial charge in [-0.3, -0.25) is 0 Å². The van der Waals surface area contributed by atoms with Crippen LogP contribution in [0.4, 0.5) is 0 Å². The van der Waals surface area contributed by atoms with Gasteiger partial charge in [0.05, 0.1) is 13.2 Å². The van der Waals surface area contributed by atoms with Crippen LogP contribution >= 0.6 is 23.2 Å². The molecule has 1 aromatic rings. The van der Waals surface area contributed by atoms with Crippen LogP contribution in [0.15, 0.2) is 24.3 Å². The van der Waals surface area contributed by atoms with Crippen molar-refractivity contribution in [2.45, 2.75) is 20.3 Å². The second kappa shape index (κ2) is 7.75. The highest BCUT2D eigenvalue weighted by Gasteiger charge is 2.22. The highest BCUT2D eigenvalue weighted by atomic mass is 35.5. The first-order valence-corrected chi connectivity index (χ1v) is 7.18. The molecule has 1 rings (SSSR count). The summed E-state index contributed by atoms with van der Waals surface area (Å²) in [5, 5.41) is 0. The van der Waals surface area contributed by atoms with Crippen LogP contribution in [-0.2, 0) is 0 Å². The van der Waals surface area contributed by atoms with E-state index in [0.717, 1.165) is 17.9 Å². The predicted molar refractivity (Wildman–Crippen MR) is 77.3 cm³/mol. The highest BCUT2D eigenvalue weighted by molar-refractivity contribution is 6.21. The van der Waals surface area contributed by atoms with Gasteiger partial charge in [-0.1, -0.05) is 19.1 Å². The number of ether oxygens (including phenoxy) is 2. The lowest BCUT2D eigenvalue weighted by Crippen LogP contribution is -2.23. The van der Waals surface area contributed by atoms with E-state index in [0.29, 0.717) is 25.0 Å². The molecule has 0 aliphatic heterocycles. The molecule has 0 saturated heterocycles. The van der Waals surface area contributed by atoms with Crippen LogP contribution in [0.3, 0.4) is 0 Å². The van der Waals surface area contributed by atoms with Crippen molar-refractivity contribution in [1.82, 2.24) is 0 Å². The van der Waals surface area contributed by atoms with Crippen molar-refractivity contribution >= 4 is 23.2 Å².